The molecule has 0 unspecified atom stereocenters. The Bertz CT molecular complexity index is 1370. The van der Waals surface area contributed by atoms with Crippen LogP contribution in [0.4, 0.5) is 11.4 Å². The van der Waals surface area contributed by atoms with Gasteiger partial charge in [0.1, 0.15) is 17.0 Å². The summed E-state index contributed by atoms with van der Waals surface area (Å²) in [5.74, 6) is 0.933. The molecule has 4 aromatic rings. The molecule has 2 amide bonds. The molecule has 5 rings (SSSR count). The minimum absolute atomic E-state index is 0.00743. The summed E-state index contributed by atoms with van der Waals surface area (Å²) in [5.41, 5.74) is 1.70. The van der Waals surface area contributed by atoms with Crippen molar-refractivity contribution in [2.45, 2.75) is 20.0 Å². The monoisotopic (exact) mass is 458 g/mol. The molecule has 0 fully saturated rings. The SMILES string of the molecule is CC(C)Oc1ccc(C(=O)Nc2c(C(=O)Nc3ccc4c(c3)OCO4)oc3ccccc23)cc1. The number of amides is 2. The van der Waals surface area contributed by atoms with Crippen molar-refractivity contribution in [2.75, 3.05) is 17.4 Å². The van der Waals surface area contributed by atoms with E-state index in [2.05, 4.69) is 10.6 Å². The second kappa shape index (κ2) is 8.82. The van der Waals surface area contributed by atoms with Crippen molar-refractivity contribution in [3.63, 3.8) is 0 Å². The van der Waals surface area contributed by atoms with Gasteiger partial charge in [-0.3, -0.25) is 9.59 Å². The van der Waals surface area contributed by atoms with Gasteiger partial charge in [-0.05, 0) is 62.4 Å². The number of fused-ring (bicyclic) bond motifs is 2. The maximum absolute atomic E-state index is 13.1. The molecule has 0 spiro atoms. The molecule has 8 nitrogen and oxygen atoms in total. The molecular formula is C26H22N2O6. The Balaban J connectivity index is 1.41. The zero-order valence-electron chi connectivity index (χ0n) is 18.6. The molecule has 0 saturated heterocycles. The summed E-state index contributed by atoms with van der Waals surface area (Å²) in [6.07, 6.45) is 0.0304. The van der Waals surface area contributed by atoms with Gasteiger partial charge >= 0.3 is 0 Å². The molecule has 0 aliphatic carbocycles. The quantitative estimate of drug-likeness (QED) is 0.398. The van der Waals surface area contributed by atoms with Crippen LogP contribution < -0.4 is 24.8 Å². The standard InChI is InChI=1S/C26H22N2O6/c1-15(2)33-18-10-7-16(8-11-18)25(29)28-23-19-5-3-4-6-20(19)34-24(23)26(30)27-17-9-12-21-22(13-17)32-14-31-21/h3-13,15H,14H2,1-2H3,(H,27,30)(H,28,29). The maximum atomic E-state index is 13.1. The number of nitrogens with one attached hydrogen (secondary N) is 2. The first-order valence-electron chi connectivity index (χ1n) is 10.8. The Morgan fingerprint density at radius 2 is 1.65 bits per heavy atom. The average Bonchev–Trinajstić information content (AvgIpc) is 3.44. The highest BCUT2D eigenvalue weighted by Crippen LogP contribution is 2.35. The van der Waals surface area contributed by atoms with Gasteiger partial charge in [0.05, 0.1) is 6.10 Å². The van der Waals surface area contributed by atoms with Crippen LogP contribution in [0.5, 0.6) is 17.2 Å². The Morgan fingerprint density at radius 1 is 0.882 bits per heavy atom. The van der Waals surface area contributed by atoms with Gasteiger partial charge in [-0.1, -0.05) is 12.1 Å². The third-order valence-corrected chi connectivity index (χ3v) is 5.16. The lowest BCUT2D eigenvalue weighted by Crippen LogP contribution is -2.17. The van der Waals surface area contributed by atoms with Crippen molar-refractivity contribution in [3.05, 3.63) is 78.1 Å². The number of benzene rings is 3. The molecule has 1 aromatic heterocycles. The molecule has 0 radical (unpaired) electrons. The number of ether oxygens (including phenoxy) is 3. The summed E-state index contributed by atoms with van der Waals surface area (Å²) in [4.78, 5) is 26.1. The van der Waals surface area contributed by atoms with Gasteiger partial charge in [-0.2, -0.15) is 0 Å². The van der Waals surface area contributed by atoms with Crippen LogP contribution in [-0.2, 0) is 0 Å². The van der Waals surface area contributed by atoms with E-state index in [1.165, 1.54) is 0 Å². The van der Waals surface area contributed by atoms with E-state index in [0.717, 1.165) is 0 Å². The van der Waals surface area contributed by atoms with E-state index in [1.54, 1.807) is 60.7 Å². The minimum Gasteiger partial charge on any atom is -0.491 e. The summed E-state index contributed by atoms with van der Waals surface area (Å²) < 4.78 is 22.1. The second-order valence-electron chi connectivity index (χ2n) is 7.97. The first kappa shape index (κ1) is 21.4. The smallest absolute Gasteiger partial charge is 0.293 e. The summed E-state index contributed by atoms with van der Waals surface area (Å²) in [6.45, 7) is 4.00. The van der Waals surface area contributed by atoms with E-state index in [9.17, 15) is 9.59 Å². The van der Waals surface area contributed by atoms with E-state index in [4.69, 9.17) is 18.6 Å². The van der Waals surface area contributed by atoms with E-state index >= 15 is 0 Å². The van der Waals surface area contributed by atoms with Gasteiger partial charge in [0.25, 0.3) is 11.8 Å². The molecule has 3 aromatic carbocycles. The van der Waals surface area contributed by atoms with Gasteiger partial charge in [0.15, 0.2) is 11.5 Å². The van der Waals surface area contributed by atoms with Crippen LogP contribution in [0.2, 0.25) is 0 Å². The molecule has 0 atom stereocenters. The van der Waals surface area contributed by atoms with Crippen LogP contribution in [0.25, 0.3) is 11.0 Å². The number of carbonyl (C=O) groups excluding carboxylic acids is 2. The minimum atomic E-state index is -0.508. The van der Waals surface area contributed by atoms with Crippen molar-refractivity contribution < 1.29 is 28.2 Å². The molecule has 34 heavy (non-hydrogen) atoms. The lowest BCUT2D eigenvalue weighted by molar-refractivity contribution is 0.0999. The number of para-hydroxylation sites is 1. The third-order valence-electron chi connectivity index (χ3n) is 5.16. The van der Waals surface area contributed by atoms with E-state index in [-0.39, 0.29) is 24.6 Å². The average molecular weight is 458 g/mol. The van der Waals surface area contributed by atoms with Crippen molar-refractivity contribution in [2.24, 2.45) is 0 Å². The highest BCUT2D eigenvalue weighted by molar-refractivity contribution is 6.16. The highest BCUT2D eigenvalue weighted by Gasteiger charge is 2.24. The van der Waals surface area contributed by atoms with Gasteiger partial charge < -0.3 is 29.3 Å². The second-order valence-corrected chi connectivity index (χ2v) is 7.97. The number of carbonyl (C=O) groups is 2. The van der Waals surface area contributed by atoms with Crippen LogP contribution >= 0.6 is 0 Å². The molecule has 0 bridgehead atoms. The van der Waals surface area contributed by atoms with Crippen LogP contribution in [0.15, 0.2) is 71.1 Å². The summed E-state index contributed by atoms with van der Waals surface area (Å²) in [6, 6.07) is 19.0. The van der Waals surface area contributed by atoms with E-state index in [0.29, 0.717) is 45.2 Å². The summed E-state index contributed by atoms with van der Waals surface area (Å²) >= 11 is 0. The Kier molecular flexibility index (Phi) is 5.55. The van der Waals surface area contributed by atoms with Crippen molar-refractivity contribution in [3.8, 4) is 17.2 Å². The van der Waals surface area contributed by atoms with Crippen LogP contribution in [-0.4, -0.2) is 24.7 Å². The lowest BCUT2D eigenvalue weighted by atomic mass is 10.1. The summed E-state index contributed by atoms with van der Waals surface area (Å²) in [5, 5.41) is 6.25. The fourth-order valence-corrected chi connectivity index (χ4v) is 3.63. The van der Waals surface area contributed by atoms with Crippen LogP contribution in [0, 0.1) is 0 Å². The van der Waals surface area contributed by atoms with E-state index < -0.39 is 5.91 Å². The zero-order chi connectivity index (χ0) is 23.7. The molecule has 2 N–H and O–H groups in total. The molecule has 172 valence electrons. The van der Waals surface area contributed by atoms with Gasteiger partial charge in [0, 0.05) is 22.7 Å². The van der Waals surface area contributed by atoms with Gasteiger partial charge in [0.2, 0.25) is 12.6 Å². The predicted octanol–water partition coefficient (Wildman–Crippen LogP) is 5.45. The Labute approximate surface area is 195 Å². The van der Waals surface area contributed by atoms with E-state index in [1.807, 2.05) is 19.9 Å². The Hall–Kier alpha value is -4.46. The topological polar surface area (TPSA) is 99.0 Å². The molecule has 1 aliphatic rings. The number of furan rings is 1. The molecule has 2 heterocycles. The van der Waals surface area contributed by atoms with Crippen molar-refractivity contribution in [1.82, 2.24) is 0 Å². The highest BCUT2D eigenvalue weighted by atomic mass is 16.7. The third kappa shape index (κ3) is 4.25. The summed E-state index contributed by atoms with van der Waals surface area (Å²) in [7, 11) is 0. The molecule has 8 heteroatoms. The van der Waals surface area contributed by atoms with Crippen molar-refractivity contribution >= 4 is 34.2 Å². The first-order valence-corrected chi connectivity index (χ1v) is 10.8. The van der Waals surface area contributed by atoms with Crippen LogP contribution in [0.3, 0.4) is 0 Å². The first-order chi connectivity index (χ1) is 16.5. The number of rotatable bonds is 6. The number of anilines is 2. The normalized spacial score (nSPS) is 12.1. The van der Waals surface area contributed by atoms with Crippen molar-refractivity contribution in [1.29, 1.82) is 0 Å². The maximum Gasteiger partial charge on any atom is 0.293 e. The molecule has 1 aliphatic heterocycles. The largest absolute Gasteiger partial charge is 0.491 e. The Morgan fingerprint density at radius 3 is 2.44 bits per heavy atom. The number of hydrogen-bond donors (Lipinski definition) is 2. The molecule has 0 saturated carbocycles. The van der Waals surface area contributed by atoms with Gasteiger partial charge in [-0.25, -0.2) is 0 Å². The number of hydrogen-bond acceptors (Lipinski definition) is 6. The fourth-order valence-electron chi connectivity index (χ4n) is 3.63. The van der Waals surface area contributed by atoms with Crippen LogP contribution in [0.1, 0.15) is 34.8 Å². The van der Waals surface area contributed by atoms with Gasteiger partial charge in [-0.15, -0.1) is 0 Å². The zero-order valence-corrected chi connectivity index (χ0v) is 18.6. The predicted molar refractivity (Wildman–Crippen MR) is 127 cm³/mol. The molecular weight excluding hydrogens is 436 g/mol. The lowest BCUT2D eigenvalue weighted by Gasteiger charge is -2.10. The fraction of sp³-hybridized carbons (Fsp3) is 0.154.